The second-order valence-electron chi connectivity index (χ2n) is 3.25. The molecule has 0 fully saturated rings. The summed E-state index contributed by atoms with van der Waals surface area (Å²) in [7, 11) is 0. The molecular weight excluding hydrogens is 278 g/mol. The van der Waals surface area contributed by atoms with Crippen LogP contribution in [0, 0.1) is 0 Å². The molecule has 1 aromatic rings. The molecule has 15 heavy (non-hydrogen) atoms. The predicted octanol–water partition coefficient (Wildman–Crippen LogP) is 2.45. The van der Waals surface area contributed by atoms with Crippen LogP contribution in [0.1, 0.15) is 0 Å². The molecule has 0 radical (unpaired) electrons. The van der Waals surface area contributed by atoms with Gasteiger partial charge in [-0.15, -0.1) is 11.8 Å². The predicted molar refractivity (Wildman–Crippen MR) is 64.7 cm³/mol. The molecule has 1 aliphatic heterocycles. The third-order valence-electron chi connectivity index (χ3n) is 2.21. The van der Waals surface area contributed by atoms with E-state index in [2.05, 4.69) is 15.9 Å². The molecule has 5 heteroatoms. The molecule has 1 heterocycles. The summed E-state index contributed by atoms with van der Waals surface area (Å²) in [4.78, 5) is 13.8. The fourth-order valence-corrected chi connectivity index (χ4v) is 3.45. The largest absolute Gasteiger partial charge is 0.480 e. The van der Waals surface area contributed by atoms with Crippen LogP contribution in [0.15, 0.2) is 27.6 Å². The second kappa shape index (κ2) is 4.45. The Balaban J connectivity index is 2.36. The molecule has 2 rings (SSSR count). The zero-order chi connectivity index (χ0) is 10.8. The van der Waals surface area contributed by atoms with Gasteiger partial charge in [0.15, 0.2) is 0 Å². The van der Waals surface area contributed by atoms with E-state index in [4.69, 9.17) is 5.11 Å². The van der Waals surface area contributed by atoms with Crippen molar-refractivity contribution in [1.29, 1.82) is 0 Å². The van der Waals surface area contributed by atoms with E-state index < -0.39 is 5.97 Å². The van der Waals surface area contributed by atoms with Crippen LogP contribution >= 0.6 is 27.7 Å². The first-order valence-corrected chi connectivity index (χ1v) is 6.34. The Morgan fingerprint density at radius 1 is 1.60 bits per heavy atom. The van der Waals surface area contributed by atoms with Gasteiger partial charge in [-0.2, -0.15) is 0 Å². The van der Waals surface area contributed by atoms with Crippen LogP contribution in [0.4, 0.5) is 5.69 Å². The van der Waals surface area contributed by atoms with E-state index in [9.17, 15) is 4.79 Å². The quantitative estimate of drug-likeness (QED) is 0.907. The highest BCUT2D eigenvalue weighted by molar-refractivity contribution is 9.10. The van der Waals surface area contributed by atoms with E-state index >= 15 is 0 Å². The summed E-state index contributed by atoms with van der Waals surface area (Å²) in [6.07, 6.45) is 0. The number of halogens is 1. The van der Waals surface area contributed by atoms with Crippen LogP contribution in [0.5, 0.6) is 0 Å². The molecule has 80 valence electrons. The van der Waals surface area contributed by atoms with E-state index in [1.807, 2.05) is 23.1 Å². The maximum absolute atomic E-state index is 10.7. The van der Waals surface area contributed by atoms with E-state index in [0.717, 1.165) is 27.4 Å². The topological polar surface area (TPSA) is 40.5 Å². The van der Waals surface area contributed by atoms with Gasteiger partial charge in [-0.05, 0) is 28.1 Å². The third kappa shape index (κ3) is 2.29. The monoisotopic (exact) mass is 287 g/mol. The van der Waals surface area contributed by atoms with Gasteiger partial charge in [-0.1, -0.05) is 6.07 Å². The number of aliphatic carboxylic acids is 1. The Morgan fingerprint density at radius 2 is 2.40 bits per heavy atom. The number of benzene rings is 1. The maximum Gasteiger partial charge on any atom is 0.323 e. The van der Waals surface area contributed by atoms with Crippen molar-refractivity contribution >= 4 is 39.3 Å². The first-order chi connectivity index (χ1) is 7.18. The standard InChI is InChI=1S/C10H10BrNO2S/c11-7-2-1-3-8-10(7)12(4-5-15-8)6-9(13)14/h1-3H,4-6H2,(H,13,14). The molecule has 0 spiro atoms. The number of hydrogen-bond acceptors (Lipinski definition) is 3. The number of rotatable bonds is 2. The number of nitrogens with zero attached hydrogens (tertiary/aromatic N) is 1. The molecule has 1 N–H and O–H groups in total. The average molecular weight is 288 g/mol. The minimum Gasteiger partial charge on any atom is -0.480 e. The minimum absolute atomic E-state index is 0.0656. The Kier molecular flexibility index (Phi) is 3.21. The number of carbonyl (C=O) groups is 1. The number of hydrogen-bond donors (Lipinski definition) is 1. The fourth-order valence-electron chi connectivity index (χ4n) is 1.62. The molecule has 1 aromatic carbocycles. The van der Waals surface area contributed by atoms with Gasteiger partial charge >= 0.3 is 5.97 Å². The van der Waals surface area contributed by atoms with Crippen molar-refractivity contribution in [2.45, 2.75) is 4.90 Å². The molecule has 0 amide bonds. The van der Waals surface area contributed by atoms with Crippen molar-refractivity contribution in [3.63, 3.8) is 0 Å². The van der Waals surface area contributed by atoms with E-state index in [-0.39, 0.29) is 6.54 Å². The van der Waals surface area contributed by atoms with Crippen molar-refractivity contribution in [3.8, 4) is 0 Å². The first-order valence-electron chi connectivity index (χ1n) is 4.56. The highest BCUT2D eigenvalue weighted by Crippen LogP contribution is 2.39. The number of carboxylic acid groups (broad SMARTS) is 1. The fraction of sp³-hybridized carbons (Fsp3) is 0.300. The van der Waals surface area contributed by atoms with Gasteiger partial charge in [0.1, 0.15) is 6.54 Å². The highest BCUT2D eigenvalue weighted by Gasteiger charge is 2.21. The number of thioether (sulfide) groups is 1. The molecule has 1 aliphatic rings. The Bertz CT molecular complexity index is 397. The Labute approximate surface area is 101 Å². The summed E-state index contributed by atoms with van der Waals surface area (Å²) in [6, 6.07) is 5.94. The van der Waals surface area contributed by atoms with Crippen molar-refractivity contribution < 1.29 is 9.90 Å². The maximum atomic E-state index is 10.7. The highest BCUT2D eigenvalue weighted by atomic mass is 79.9. The smallest absolute Gasteiger partial charge is 0.323 e. The Hall–Kier alpha value is -0.680. The molecule has 0 unspecified atom stereocenters. The first kappa shape index (κ1) is 10.8. The van der Waals surface area contributed by atoms with Crippen LogP contribution in [-0.4, -0.2) is 29.9 Å². The summed E-state index contributed by atoms with van der Waals surface area (Å²) in [5.41, 5.74) is 1.01. The van der Waals surface area contributed by atoms with Gasteiger partial charge in [0.25, 0.3) is 0 Å². The molecule has 0 saturated carbocycles. The summed E-state index contributed by atoms with van der Waals surface area (Å²) in [5.74, 6) is 0.153. The lowest BCUT2D eigenvalue weighted by Gasteiger charge is -2.30. The van der Waals surface area contributed by atoms with Gasteiger partial charge in [0, 0.05) is 21.7 Å². The number of carboxylic acids is 1. The summed E-state index contributed by atoms with van der Waals surface area (Å²) < 4.78 is 0.966. The van der Waals surface area contributed by atoms with Gasteiger partial charge < -0.3 is 10.0 Å². The number of para-hydroxylation sites is 1. The molecule has 0 aliphatic carbocycles. The van der Waals surface area contributed by atoms with Crippen LogP contribution in [0.2, 0.25) is 0 Å². The Morgan fingerprint density at radius 3 is 3.13 bits per heavy atom. The second-order valence-corrected chi connectivity index (χ2v) is 5.24. The van der Waals surface area contributed by atoms with E-state index in [0.29, 0.717) is 0 Å². The zero-order valence-corrected chi connectivity index (χ0v) is 10.3. The third-order valence-corrected chi connectivity index (χ3v) is 3.88. The lowest BCUT2D eigenvalue weighted by Crippen LogP contribution is -2.34. The SMILES string of the molecule is O=C(O)CN1CCSc2cccc(Br)c21. The van der Waals surface area contributed by atoms with Crippen LogP contribution < -0.4 is 4.90 Å². The zero-order valence-electron chi connectivity index (χ0n) is 7.94. The lowest BCUT2D eigenvalue weighted by atomic mass is 10.2. The van der Waals surface area contributed by atoms with E-state index in [1.54, 1.807) is 11.8 Å². The van der Waals surface area contributed by atoms with Crippen LogP contribution in [-0.2, 0) is 4.79 Å². The number of fused-ring (bicyclic) bond motifs is 1. The van der Waals surface area contributed by atoms with E-state index in [1.165, 1.54) is 0 Å². The normalized spacial score (nSPS) is 14.9. The average Bonchev–Trinajstić information content (AvgIpc) is 2.17. The van der Waals surface area contributed by atoms with Crippen LogP contribution in [0.3, 0.4) is 0 Å². The summed E-state index contributed by atoms with van der Waals surface area (Å²) in [5, 5.41) is 8.82. The van der Waals surface area contributed by atoms with Gasteiger partial charge in [-0.3, -0.25) is 4.79 Å². The minimum atomic E-state index is -0.788. The molecule has 3 nitrogen and oxygen atoms in total. The summed E-state index contributed by atoms with van der Waals surface area (Å²) >= 11 is 5.23. The van der Waals surface area contributed by atoms with Gasteiger partial charge in [0.2, 0.25) is 0 Å². The molecule has 0 saturated heterocycles. The summed E-state index contributed by atoms with van der Waals surface area (Å²) in [6.45, 7) is 0.850. The van der Waals surface area contributed by atoms with Crippen molar-refractivity contribution in [1.82, 2.24) is 0 Å². The van der Waals surface area contributed by atoms with Crippen molar-refractivity contribution in [2.75, 3.05) is 23.7 Å². The van der Waals surface area contributed by atoms with Crippen LogP contribution in [0.25, 0.3) is 0 Å². The van der Waals surface area contributed by atoms with Crippen molar-refractivity contribution in [3.05, 3.63) is 22.7 Å². The molecule has 0 aromatic heterocycles. The molecule has 0 bridgehead atoms. The van der Waals surface area contributed by atoms with Crippen molar-refractivity contribution in [2.24, 2.45) is 0 Å². The number of anilines is 1. The van der Waals surface area contributed by atoms with Gasteiger partial charge in [0.05, 0.1) is 5.69 Å². The molecule has 0 atom stereocenters. The lowest BCUT2D eigenvalue weighted by molar-refractivity contribution is -0.135. The molecular formula is C10H10BrNO2S. The van der Waals surface area contributed by atoms with Gasteiger partial charge in [-0.25, -0.2) is 0 Å².